The van der Waals surface area contributed by atoms with Crippen LogP contribution in [0, 0.1) is 0 Å². The first kappa shape index (κ1) is 18.1. The van der Waals surface area contributed by atoms with Gasteiger partial charge in [-0.15, -0.1) is 5.10 Å². The van der Waals surface area contributed by atoms with Crippen LogP contribution in [0.1, 0.15) is 21.5 Å². The van der Waals surface area contributed by atoms with Gasteiger partial charge in [-0.3, -0.25) is 4.79 Å². The fourth-order valence-electron chi connectivity index (χ4n) is 3.02. The third-order valence-electron chi connectivity index (χ3n) is 4.58. The predicted molar refractivity (Wildman–Crippen MR) is 93.8 cm³/mol. The van der Waals surface area contributed by atoms with E-state index in [9.17, 15) is 27.9 Å². The molecule has 0 amide bonds. The summed E-state index contributed by atoms with van der Waals surface area (Å²) in [5.41, 5.74) is -1.09. The number of hydrogen-bond acceptors (Lipinski definition) is 4. The summed E-state index contributed by atoms with van der Waals surface area (Å²) in [6, 6.07) is 6.64. The van der Waals surface area contributed by atoms with Gasteiger partial charge in [-0.05, 0) is 18.1 Å². The number of alkyl halides is 3. The zero-order valence-electron chi connectivity index (χ0n) is 14.5. The van der Waals surface area contributed by atoms with Crippen molar-refractivity contribution in [1.82, 2.24) is 14.2 Å². The molecule has 1 aliphatic rings. The lowest BCUT2D eigenvalue weighted by Gasteiger charge is -2.12. The maximum absolute atomic E-state index is 12.9. The lowest BCUT2D eigenvalue weighted by molar-refractivity contribution is -0.137. The van der Waals surface area contributed by atoms with E-state index in [1.165, 1.54) is 16.8 Å². The van der Waals surface area contributed by atoms with E-state index in [-0.39, 0.29) is 13.0 Å². The van der Waals surface area contributed by atoms with Crippen LogP contribution < -0.4 is 10.5 Å². The zero-order valence-corrected chi connectivity index (χ0v) is 14.5. The number of nitrogens with zero attached hydrogens (tertiary/aromatic N) is 4. The summed E-state index contributed by atoms with van der Waals surface area (Å²) in [7, 11) is 0. The third-order valence-corrected chi connectivity index (χ3v) is 4.58. The molecule has 146 valence electrons. The quantitative estimate of drug-likeness (QED) is 0.674. The van der Waals surface area contributed by atoms with E-state index in [0.29, 0.717) is 17.0 Å². The summed E-state index contributed by atoms with van der Waals surface area (Å²) in [5, 5.41) is 13.5. The first-order valence-electron chi connectivity index (χ1n) is 8.51. The number of carbonyl (C=O) groups is 1. The molecule has 0 spiro atoms. The number of hydrogen-bond donors (Lipinski definition) is 1. The van der Waals surface area contributed by atoms with E-state index in [2.05, 4.69) is 5.10 Å². The molecule has 0 atom stereocenters. The van der Waals surface area contributed by atoms with Gasteiger partial charge < -0.3 is 14.6 Å². The average molecular weight is 392 g/mol. The van der Waals surface area contributed by atoms with E-state index in [1.807, 2.05) is 4.90 Å². The van der Waals surface area contributed by atoms with Crippen molar-refractivity contribution in [1.29, 1.82) is 0 Å². The van der Waals surface area contributed by atoms with Gasteiger partial charge in [0, 0.05) is 31.9 Å². The Bertz CT molecular complexity index is 1130. The Balaban J connectivity index is 1.71. The fraction of sp³-hybridized carbons (Fsp3) is 0.278. The van der Waals surface area contributed by atoms with Crippen LogP contribution in [0.5, 0.6) is 0 Å². The van der Waals surface area contributed by atoms with Crippen LogP contribution in [-0.2, 0) is 19.1 Å². The van der Waals surface area contributed by atoms with E-state index in [1.54, 1.807) is 12.1 Å². The Kier molecular flexibility index (Phi) is 4.13. The van der Waals surface area contributed by atoms with Gasteiger partial charge in [0.05, 0.1) is 5.56 Å². The highest BCUT2D eigenvalue weighted by Gasteiger charge is 2.30. The van der Waals surface area contributed by atoms with E-state index in [4.69, 9.17) is 0 Å². The lowest BCUT2D eigenvalue weighted by Crippen LogP contribution is -2.26. The molecule has 1 aliphatic heterocycles. The van der Waals surface area contributed by atoms with Crippen molar-refractivity contribution in [3.8, 4) is 0 Å². The highest BCUT2D eigenvalue weighted by Crippen LogP contribution is 2.29. The Morgan fingerprint density at radius 1 is 1.21 bits per heavy atom. The summed E-state index contributed by atoms with van der Waals surface area (Å²) in [6.07, 6.45) is -3.00. The Morgan fingerprint density at radius 2 is 1.96 bits per heavy atom. The first-order chi connectivity index (χ1) is 13.2. The molecule has 3 heterocycles. The highest BCUT2D eigenvalue weighted by atomic mass is 19.4. The maximum Gasteiger partial charge on any atom is 0.416 e. The molecule has 1 fully saturated rings. The SMILES string of the molecule is O=C(O)c1cn(CCc2cccc(C(F)(F)F)c2)c2cc(N3CC3)nn2c1=O. The van der Waals surface area contributed by atoms with Gasteiger partial charge in [0.25, 0.3) is 5.56 Å². The smallest absolute Gasteiger partial charge is 0.416 e. The van der Waals surface area contributed by atoms with Crippen LogP contribution in [0.3, 0.4) is 0 Å². The molecule has 10 heteroatoms. The standard InChI is InChI=1S/C18H15F3N4O3/c19-18(20,21)12-3-1-2-11(8-12)4-5-24-10-13(17(27)28)16(26)25-15(24)9-14(22-25)23-6-7-23/h1-3,8-10H,4-7H2,(H,27,28). The number of carboxylic acid groups (broad SMARTS) is 1. The van der Waals surface area contributed by atoms with Crippen molar-refractivity contribution in [2.45, 2.75) is 19.1 Å². The molecule has 1 saturated heterocycles. The number of benzene rings is 1. The van der Waals surface area contributed by atoms with Crippen LogP contribution >= 0.6 is 0 Å². The van der Waals surface area contributed by atoms with Crippen molar-refractivity contribution in [2.75, 3.05) is 18.0 Å². The van der Waals surface area contributed by atoms with Gasteiger partial charge in [0.1, 0.15) is 11.2 Å². The summed E-state index contributed by atoms with van der Waals surface area (Å²) in [5.74, 6) is -0.823. The third kappa shape index (κ3) is 3.32. The summed E-state index contributed by atoms with van der Waals surface area (Å²) in [6.45, 7) is 1.79. The molecule has 7 nitrogen and oxygen atoms in total. The summed E-state index contributed by atoms with van der Waals surface area (Å²) >= 11 is 0. The number of fused-ring (bicyclic) bond motifs is 1. The normalized spacial score (nSPS) is 13.9. The van der Waals surface area contributed by atoms with Gasteiger partial charge in [-0.25, -0.2) is 4.79 Å². The van der Waals surface area contributed by atoms with Crippen molar-refractivity contribution >= 4 is 17.4 Å². The molecule has 1 N–H and O–H groups in total. The predicted octanol–water partition coefficient (Wildman–Crippen LogP) is 2.28. The molecule has 0 bridgehead atoms. The second kappa shape index (κ2) is 6.39. The molecular weight excluding hydrogens is 377 g/mol. The van der Waals surface area contributed by atoms with Gasteiger partial charge in [0.2, 0.25) is 0 Å². The molecular formula is C18H15F3N4O3. The maximum atomic E-state index is 12.9. The highest BCUT2D eigenvalue weighted by molar-refractivity contribution is 5.87. The Labute approximate surface area is 156 Å². The molecule has 0 saturated carbocycles. The first-order valence-corrected chi connectivity index (χ1v) is 8.51. The van der Waals surface area contributed by atoms with Crippen molar-refractivity contribution < 1.29 is 23.1 Å². The molecule has 2 aromatic heterocycles. The number of aromatic carboxylic acids is 1. The van der Waals surface area contributed by atoms with E-state index >= 15 is 0 Å². The second-order valence-corrected chi connectivity index (χ2v) is 6.55. The van der Waals surface area contributed by atoms with Crippen LogP contribution in [0.25, 0.3) is 5.65 Å². The number of rotatable bonds is 5. The minimum Gasteiger partial charge on any atom is -0.477 e. The van der Waals surface area contributed by atoms with Crippen molar-refractivity contribution in [2.24, 2.45) is 0 Å². The Morgan fingerprint density at radius 3 is 2.61 bits per heavy atom. The number of aromatic nitrogens is 3. The monoisotopic (exact) mass is 392 g/mol. The molecule has 28 heavy (non-hydrogen) atoms. The van der Waals surface area contributed by atoms with Crippen LogP contribution in [-0.4, -0.2) is 38.3 Å². The van der Waals surface area contributed by atoms with Gasteiger partial charge >= 0.3 is 12.1 Å². The van der Waals surface area contributed by atoms with Crippen LogP contribution in [0.15, 0.2) is 41.3 Å². The molecule has 0 unspecified atom stereocenters. The van der Waals surface area contributed by atoms with Crippen LogP contribution in [0.2, 0.25) is 0 Å². The number of carboxylic acids is 1. The van der Waals surface area contributed by atoms with Crippen molar-refractivity contribution in [3.05, 3.63) is 63.6 Å². The lowest BCUT2D eigenvalue weighted by atomic mass is 10.1. The molecule has 0 radical (unpaired) electrons. The number of halogens is 3. The fourth-order valence-corrected chi connectivity index (χ4v) is 3.02. The van der Waals surface area contributed by atoms with Gasteiger partial charge in [-0.1, -0.05) is 18.2 Å². The van der Waals surface area contributed by atoms with Gasteiger partial charge in [0.15, 0.2) is 5.82 Å². The molecule has 3 aromatic rings. The minimum absolute atomic E-state index is 0.191. The number of aryl methyl sites for hydroxylation is 2. The van der Waals surface area contributed by atoms with Crippen LogP contribution in [0.4, 0.5) is 19.0 Å². The molecule has 4 rings (SSSR count). The topological polar surface area (TPSA) is 79.6 Å². The molecule has 1 aromatic carbocycles. The minimum atomic E-state index is -4.43. The zero-order chi connectivity index (χ0) is 20.1. The number of anilines is 1. The second-order valence-electron chi connectivity index (χ2n) is 6.55. The Hall–Kier alpha value is -3.30. The van der Waals surface area contributed by atoms with Crippen molar-refractivity contribution in [3.63, 3.8) is 0 Å². The van der Waals surface area contributed by atoms with E-state index < -0.39 is 28.8 Å². The average Bonchev–Trinajstić information content (AvgIpc) is 3.39. The van der Waals surface area contributed by atoms with Gasteiger partial charge in [-0.2, -0.15) is 17.7 Å². The van der Waals surface area contributed by atoms with E-state index in [0.717, 1.165) is 29.7 Å². The summed E-state index contributed by atoms with van der Waals surface area (Å²) in [4.78, 5) is 25.7. The summed E-state index contributed by atoms with van der Waals surface area (Å²) < 4.78 is 41.2. The largest absolute Gasteiger partial charge is 0.477 e. The molecule has 0 aliphatic carbocycles.